The molecule has 0 bridgehead atoms. The first-order chi connectivity index (χ1) is 27.9. The molecule has 1 saturated carbocycles. The molecule has 8 rings (SSSR count). The smallest absolute Gasteiger partial charge is 0.262 e. The van der Waals surface area contributed by atoms with Gasteiger partial charge in [0.05, 0.1) is 55.3 Å². The summed E-state index contributed by atoms with van der Waals surface area (Å²) in [5.41, 5.74) is 3.98. The second kappa shape index (κ2) is 15.5. The van der Waals surface area contributed by atoms with Crippen LogP contribution in [-0.2, 0) is 28.0 Å². The summed E-state index contributed by atoms with van der Waals surface area (Å²) >= 11 is 0. The van der Waals surface area contributed by atoms with Gasteiger partial charge in [-0.2, -0.15) is 0 Å². The highest BCUT2D eigenvalue weighted by molar-refractivity contribution is 6.24. The zero-order valence-electron chi connectivity index (χ0n) is 33.4. The number of hydrogen-bond acceptors (Lipinski definition) is 11. The number of unbranched alkanes of at least 4 members (excludes halogenated alkanes) is 1. The van der Waals surface area contributed by atoms with Gasteiger partial charge in [-0.1, -0.05) is 0 Å². The topological polar surface area (TPSA) is 152 Å². The van der Waals surface area contributed by atoms with Crippen molar-refractivity contribution in [2.45, 2.75) is 57.5 Å². The summed E-state index contributed by atoms with van der Waals surface area (Å²) in [6, 6.07) is 10.1. The van der Waals surface area contributed by atoms with E-state index in [1.54, 1.807) is 63.9 Å². The van der Waals surface area contributed by atoms with Crippen LogP contribution in [0.1, 0.15) is 71.2 Å². The number of fused-ring (bicyclic) bond motifs is 2. The van der Waals surface area contributed by atoms with E-state index in [9.17, 15) is 28.8 Å². The van der Waals surface area contributed by atoms with Crippen LogP contribution in [0.3, 0.4) is 0 Å². The van der Waals surface area contributed by atoms with E-state index in [0.29, 0.717) is 41.0 Å². The molecule has 3 fully saturated rings. The Bertz CT molecular complexity index is 2390. The van der Waals surface area contributed by atoms with E-state index >= 15 is 0 Å². The standard InChI is InChI=1S/C44H48N6O8/c1-46(23-35-38(57-3)17-27(18-39(35)58-4)34-22-47(2)41(54)33-21-45-14-12-30(33)34)40(53)7-5-6-15-48-24-44(25-48)13-16-49(26-44)28-8-10-31-32(19-28)43(56)50(42(31)55)36-11-9-29(51)20-37(36)52/h8,10,12,14,17-19,21-22,36H,5-7,9,11,13,15-16,20,23-26H2,1-4H3. The van der Waals surface area contributed by atoms with Crippen molar-refractivity contribution in [3.05, 3.63) is 82.0 Å². The van der Waals surface area contributed by atoms with Crippen molar-refractivity contribution in [3.8, 4) is 22.6 Å². The number of hydrogen-bond donors (Lipinski definition) is 0. The molecule has 58 heavy (non-hydrogen) atoms. The maximum absolute atomic E-state index is 13.4. The van der Waals surface area contributed by atoms with E-state index in [4.69, 9.17) is 9.47 Å². The molecule has 4 aliphatic rings. The molecule has 2 aromatic carbocycles. The zero-order valence-corrected chi connectivity index (χ0v) is 33.4. The Morgan fingerprint density at radius 2 is 1.66 bits per heavy atom. The number of nitrogens with zero attached hydrogens (tertiary/aromatic N) is 6. The van der Waals surface area contributed by atoms with Crippen LogP contribution in [0.5, 0.6) is 11.5 Å². The molecule has 0 N–H and O–H groups in total. The van der Waals surface area contributed by atoms with Crippen molar-refractivity contribution in [2.24, 2.45) is 12.5 Å². The third-order valence-electron chi connectivity index (χ3n) is 12.4. The molecule has 0 radical (unpaired) electrons. The van der Waals surface area contributed by atoms with E-state index in [1.165, 1.54) is 4.57 Å². The van der Waals surface area contributed by atoms with Gasteiger partial charge in [0.2, 0.25) is 5.91 Å². The number of likely N-dealkylation sites (tertiary alicyclic amines) is 1. The van der Waals surface area contributed by atoms with Crippen molar-refractivity contribution >= 4 is 45.7 Å². The number of imide groups is 1. The van der Waals surface area contributed by atoms with Crippen molar-refractivity contribution in [1.29, 1.82) is 0 Å². The fourth-order valence-corrected chi connectivity index (χ4v) is 9.30. The van der Waals surface area contributed by atoms with Crippen molar-refractivity contribution in [2.75, 3.05) is 58.9 Å². The Kier molecular flexibility index (Phi) is 10.4. The third-order valence-corrected chi connectivity index (χ3v) is 12.4. The minimum atomic E-state index is -0.873. The number of carbonyl (C=O) groups excluding carboxylic acids is 5. The van der Waals surface area contributed by atoms with Gasteiger partial charge >= 0.3 is 0 Å². The SMILES string of the molecule is COc1cc(-c2cn(C)c(=O)c3cnccc23)cc(OC)c1CN(C)C(=O)CCCCN1CC2(CCN(c3ccc4c(c3)C(=O)N(C3CCC(=O)CC3=O)C4=O)C2)C1. The molecule has 3 amide bonds. The second-order valence-electron chi connectivity index (χ2n) is 16.3. The van der Waals surface area contributed by atoms with Crippen LogP contribution in [0, 0.1) is 5.41 Å². The van der Waals surface area contributed by atoms with Gasteiger partial charge in [0.15, 0.2) is 5.78 Å². The lowest BCUT2D eigenvalue weighted by Gasteiger charge is -2.48. The fourth-order valence-electron chi connectivity index (χ4n) is 9.30. The van der Waals surface area contributed by atoms with Crippen LogP contribution in [0.4, 0.5) is 5.69 Å². The minimum absolute atomic E-state index is 0.0364. The molecular weight excluding hydrogens is 741 g/mol. The van der Waals surface area contributed by atoms with Crippen LogP contribution in [0.2, 0.25) is 0 Å². The number of ether oxygens (including phenoxy) is 2. The zero-order chi connectivity index (χ0) is 40.9. The highest BCUT2D eigenvalue weighted by Gasteiger charge is 2.48. The molecule has 4 aromatic rings. The van der Waals surface area contributed by atoms with Gasteiger partial charge in [-0.25, -0.2) is 0 Å². The van der Waals surface area contributed by atoms with Gasteiger partial charge in [0.25, 0.3) is 17.4 Å². The lowest BCUT2D eigenvalue weighted by molar-refractivity contribution is -0.133. The first kappa shape index (κ1) is 39.0. The maximum Gasteiger partial charge on any atom is 0.262 e. The maximum atomic E-state index is 13.4. The summed E-state index contributed by atoms with van der Waals surface area (Å²) in [4.78, 5) is 88.5. The van der Waals surface area contributed by atoms with E-state index < -0.39 is 17.9 Å². The van der Waals surface area contributed by atoms with Gasteiger partial charge < -0.3 is 28.7 Å². The van der Waals surface area contributed by atoms with Crippen LogP contribution < -0.4 is 19.9 Å². The Morgan fingerprint density at radius 3 is 2.38 bits per heavy atom. The summed E-state index contributed by atoms with van der Waals surface area (Å²) in [7, 11) is 6.69. The molecule has 14 heteroatoms. The molecule has 2 saturated heterocycles. The molecule has 1 spiro atoms. The van der Waals surface area contributed by atoms with Crippen LogP contribution in [0.15, 0.2) is 59.8 Å². The number of aromatic nitrogens is 2. The largest absolute Gasteiger partial charge is 0.496 e. The van der Waals surface area contributed by atoms with Gasteiger partial charge in [-0.15, -0.1) is 0 Å². The van der Waals surface area contributed by atoms with Crippen molar-refractivity contribution in [3.63, 3.8) is 0 Å². The average Bonchev–Trinajstić information content (AvgIpc) is 3.76. The summed E-state index contributed by atoms with van der Waals surface area (Å²) in [5, 5.41) is 1.29. The molecule has 1 atom stereocenters. The van der Waals surface area contributed by atoms with Crippen LogP contribution in [-0.4, -0.2) is 114 Å². The lowest BCUT2D eigenvalue weighted by atomic mass is 9.79. The van der Waals surface area contributed by atoms with Gasteiger partial charge in [0.1, 0.15) is 17.3 Å². The Morgan fingerprint density at radius 1 is 0.914 bits per heavy atom. The highest BCUT2D eigenvalue weighted by atomic mass is 16.5. The Labute approximate surface area is 336 Å². The molecule has 1 aliphatic carbocycles. The number of pyridine rings is 2. The number of ketones is 2. The van der Waals surface area contributed by atoms with Crippen molar-refractivity contribution < 1.29 is 33.4 Å². The van der Waals surface area contributed by atoms with Gasteiger partial charge in [0, 0.05) is 88.4 Å². The molecule has 14 nitrogen and oxygen atoms in total. The predicted molar refractivity (Wildman–Crippen MR) is 216 cm³/mol. The summed E-state index contributed by atoms with van der Waals surface area (Å²) in [6.07, 6.45) is 8.31. The number of Topliss-reactive ketones (excluding diaryl/α,β-unsaturated/α-hetero) is 2. The van der Waals surface area contributed by atoms with Crippen molar-refractivity contribution in [1.82, 2.24) is 24.3 Å². The predicted octanol–water partition coefficient (Wildman–Crippen LogP) is 4.25. The molecule has 1 unspecified atom stereocenters. The monoisotopic (exact) mass is 788 g/mol. The van der Waals surface area contributed by atoms with E-state index in [2.05, 4.69) is 14.8 Å². The van der Waals surface area contributed by atoms with Gasteiger partial charge in [-0.3, -0.25) is 38.7 Å². The number of anilines is 1. The first-order valence-corrected chi connectivity index (χ1v) is 19.9. The number of methoxy groups -OCH3 is 2. The Hall–Kier alpha value is -5.89. The fraction of sp³-hybridized carbons (Fsp3) is 0.432. The number of carbonyl (C=O) groups is 5. The molecule has 302 valence electrons. The van der Waals surface area contributed by atoms with E-state index in [0.717, 1.165) is 84.7 Å². The summed E-state index contributed by atoms with van der Waals surface area (Å²) in [5.74, 6) is -0.227. The highest BCUT2D eigenvalue weighted by Crippen LogP contribution is 2.43. The quantitative estimate of drug-likeness (QED) is 0.115. The lowest BCUT2D eigenvalue weighted by Crippen LogP contribution is -2.57. The number of rotatable bonds is 12. The normalized spacial score (nSPS) is 18.9. The molecular formula is C44H48N6O8. The number of benzene rings is 2. The Balaban J connectivity index is 0.820. The summed E-state index contributed by atoms with van der Waals surface area (Å²) < 4.78 is 13.2. The number of amides is 3. The van der Waals surface area contributed by atoms with Crippen LogP contribution in [0.25, 0.3) is 21.9 Å². The second-order valence-corrected chi connectivity index (χ2v) is 16.3. The first-order valence-electron chi connectivity index (χ1n) is 19.9. The molecule has 2 aromatic heterocycles. The molecule has 3 aliphatic heterocycles. The third kappa shape index (κ3) is 7.03. The molecule has 5 heterocycles. The number of aryl methyl sites for hydroxylation is 1. The summed E-state index contributed by atoms with van der Waals surface area (Å²) in [6.45, 7) is 4.86. The van der Waals surface area contributed by atoms with E-state index in [-0.39, 0.29) is 47.7 Å². The average molecular weight is 789 g/mol. The van der Waals surface area contributed by atoms with Crippen LogP contribution >= 0.6 is 0 Å². The van der Waals surface area contributed by atoms with Gasteiger partial charge in [-0.05, 0) is 79.6 Å². The van der Waals surface area contributed by atoms with E-state index in [1.807, 2.05) is 24.3 Å². The minimum Gasteiger partial charge on any atom is -0.496 e.